The predicted octanol–water partition coefficient (Wildman–Crippen LogP) is 4.84. The van der Waals surface area contributed by atoms with Gasteiger partial charge in [0.1, 0.15) is 5.60 Å². The van der Waals surface area contributed by atoms with Crippen LogP contribution in [-0.4, -0.2) is 51.8 Å². The fourth-order valence-corrected chi connectivity index (χ4v) is 4.07. The normalized spacial score (nSPS) is 17.3. The number of anilines is 1. The lowest BCUT2D eigenvalue weighted by molar-refractivity contribution is 0.0158. The molecule has 1 aromatic heterocycles. The lowest BCUT2D eigenvalue weighted by Crippen LogP contribution is -2.55. The van der Waals surface area contributed by atoms with Crippen LogP contribution in [0.5, 0.6) is 0 Å². The molecule has 0 unspecified atom stereocenters. The van der Waals surface area contributed by atoms with Crippen LogP contribution in [0.1, 0.15) is 38.8 Å². The minimum Gasteiger partial charge on any atom is -0.444 e. The van der Waals surface area contributed by atoms with Gasteiger partial charge in [0.15, 0.2) is 0 Å². The number of carbonyl (C=O) groups is 1. The molecule has 0 N–H and O–H groups in total. The van der Waals surface area contributed by atoms with Crippen LogP contribution in [0.2, 0.25) is 0 Å². The van der Waals surface area contributed by atoms with Crippen molar-refractivity contribution >= 4 is 23.1 Å². The van der Waals surface area contributed by atoms with E-state index in [0.717, 1.165) is 36.6 Å². The molecule has 1 saturated heterocycles. The molecule has 1 aliphatic rings. The first-order valence-electron chi connectivity index (χ1n) is 11.0. The summed E-state index contributed by atoms with van der Waals surface area (Å²) in [4.78, 5) is 21.7. The van der Waals surface area contributed by atoms with Gasteiger partial charge in [-0.25, -0.2) is 9.78 Å². The van der Waals surface area contributed by atoms with E-state index in [9.17, 15) is 4.79 Å². The molecule has 1 aliphatic heterocycles. The van der Waals surface area contributed by atoms with E-state index in [2.05, 4.69) is 65.8 Å². The summed E-state index contributed by atoms with van der Waals surface area (Å²) in [5.41, 5.74) is 4.13. The summed E-state index contributed by atoms with van der Waals surface area (Å²) < 4.78 is 7.88. The molecule has 6 heteroatoms. The monoisotopic (exact) mass is 420 g/mol. The van der Waals surface area contributed by atoms with E-state index in [0.29, 0.717) is 6.54 Å². The largest absolute Gasteiger partial charge is 0.444 e. The molecule has 1 atom stereocenters. The Balaban J connectivity index is 1.60. The Morgan fingerprint density at radius 1 is 1.10 bits per heavy atom. The van der Waals surface area contributed by atoms with Crippen molar-refractivity contribution in [3.63, 3.8) is 0 Å². The van der Waals surface area contributed by atoms with Gasteiger partial charge in [-0.05, 0) is 52.3 Å². The Labute approximate surface area is 184 Å². The van der Waals surface area contributed by atoms with Crippen LogP contribution in [0.3, 0.4) is 0 Å². The molecule has 0 radical (unpaired) electrons. The molecule has 0 bridgehead atoms. The van der Waals surface area contributed by atoms with E-state index in [-0.39, 0.29) is 12.1 Å². The molecule has 0 spiro atoms. The Kier molecular flexibility index (Phi) is 5.65. The first-order chi connectivity index (χ1) is 14.7. The summed E-state index contributed by atoms with van der Waals surface area (Å²) >= 11 is 0. The van der Waals surface area contributed by atoms with Gasteiger partial charge in [0.25, 0.3) is 0 Å². The molecule has 1 amide bonds. The number of aryl methyl sites for hydroxylation is 1. The summed E-state index contributed by atoms with van der Waals surface area (Å²) in [7, 11) is 0. The van der Waals surface area contributed by atoms with Gasteiger partial charge in [-0.1, -0.05) is 42.0 Å². The number of hydrogen-bond acceptors (Lipinski definition) is 4. The number of rotatable bonds is 3. The predicted molar refractivity (Wildman–Crippen MR) is 125 cm³/mol. The van der Waals surface area contributed by atoms with Crippen LogP contribution in [0.15, 0.2) is 48.5 Å². The number of fused-ring (bicyclic) bond motifs is 1. The van der Waals surface area contributed by atoms with E-state index in [1.54, 1.807) is 0 Å². The number of nitrogens with zero attached hydrogens (tertiary/aromatic N) is 4. The number of ether oxygens (including phenoxy) is 1. The molecule has 6 nitrogen and oxygen atoms in total. The average Bonchev–Trinajstić information content (AvgIpc) is 3.07. The lowest BCUT2D eigenvalue weighted by Gasteiger charge is -2.40. The molecule has 0 aliphatic carbocycles. The Hall–Kier alpha value is -3.02. The van der Waals surface area contributed by atoms with E-state index >= 15 is 0 Å². The maximum atomic E-state index is 12.6. The van der Waals surface area contributed by atoms with Gasteiger partial charge in [0, 0.05) is 25.7 Å². The van der Waals surface area contributed by atoms with Crippen LogP contribution in [-0.2, 0) is 11.3 Å². The van der Waals surface area contributed by atoms with Gasteiger partial charge in [-0.2, -0.15) is 0 Å². The molecule has 2 aromatic carbocycles. The van der Waals surface area contributed by atoms with Crippen molar-refractivity contribution in [2.75, 3.05) is 24.5 Å². The van der Waals surface area contributed by atoms with Crippen molar-refractivity contribution in [1.29, 1.82) is 0 Å². The summed E-state index contributed by atoms with van der Waals surface area (Å²) in [6.07, 6.45) is -0.243. The highest BCUT2D eigenvalue weighted by atomic mass is 16.6. The van der Waals surface area contributed by atoms with E-state index < -0.39 is 5.60 Å². The zero-order chi connectivity index (χ0) is 22.2. The Morgan fingerprint density at radius 2 is 1.81 bits per heavy atom. The van der Waals surface area contributed by atoms with Crippen LogP contribution in [0.4, 0.5) is 10.7 Å². The van der Waals surface area contributed by atoms with E-state index in [1.165, 1.54) is 11.1 Å². The number of amides is 1. The van der Waals surface area contributed by atoms with Crippen molar-refractivity contribution in [3.05, 3.63) is 59.7 Å². The smallest absolute Gasteiger partial charge is 0.410 e. The molecular weight excluding hydrogens is 388 g/mol. The number of hydrogen-bond donors (Lipinski definition) is 0. The number of benzene rings is 2. The van der Waals surface area contributed by atoms with Gasteiger partial charge in [0.05, 0.1) is 17.6 Å². The molecule has 3 aromatic rings. The third-order valence-electron chi connectivity index (χ3n) is 5.63. The highest BCUT2D eigenvalue weighted by Gasteiger charge is 2.32. The van der Waals surface area contributed by atoms with E-state index in [1.807, 2.05) is 31.7 Å². The topological polar surface area (TPSA) is 50.6 Å². The first-order valence-corrected chi connectivity index (χ1v) is 11.0. The number of carbonyl (C=O) groups excluding carboxylic acids is 1. The van der Waals surface area contributed by atoms with Gasteiger partial charge in [-0.15, -0.1) is 0 Å². The minimum atomic E-state index is -0.490. The molecule has 31 heavy (non-hydrogen) atoms. The number of piperazine rings is 1. The number of imidazole rings is 1. The third kappa shape index (κ3) is 4.68. The van der Waals surface area contributed by atoms with E-state index in [4.69, 9.17) is 9.72 Å². The van der Waals surface area contributed by atoms with Crippen molar-refractivity contribution in [1.82, 2.24) is 14.5 Å². The molecule has 0 saturated carbocycles. The van der Waals surface area contributed by atoms with Crippen LogP contribution < -0.4 is 4.90 Å². The second-order valence-corrected chi connectivity index (χ2v) is 9.44. The summed E-state index contributed by atoms with van der Waals surface area (Å²) in [6.45, 7) is 12.7. The average molecular weight is 421 g/mol. The van der Waals surface area contributed by atoms with Gasteiger partial charge in [0.2, 0.25) is 5.95 Å². The molecule has 164 valence electrons. The van der Waals surface area contributed by atoms with Gasteiger partial charge >= 0.3 is 6.09 Å². The van der Waals surface area contributed by atoms with Crippen molar-refractivity contribution in [2.45, 2.75) is 52.8 Å². The molecule has 2 heterocycles. The summed E-state index contributed by atoms with van der Waals surface area (Å²) in [5.74, 6) is 0.956. The van der Waals surface area contributed by atoms with Crippen LogP contribution >= 0.6 is 0 Å². The fraction of sp³-hybridized carbons (Fsp3) is 0.440. The Bertz CT molecular complexity index is 1070. The third-order valence-corrected chi connectivity index (χ3v) is 5.63. The highest BCUT2D eigenvalue weighted by molar-refractivity contribution is 5.79. The van der Waals surface area contributed by atoms with Gasteiger partial charge < -0.3 is 19.1 Å². The van der Waals surface area contributed by atoms with Crippen LogP contribution in [0.25, 0.3) is 11.0 Å². The molecule has 4 rings (SSSR count). The summed E-state index contributed by atoms with van der Waals surface area (Å²) in [6, 6.07) is 17.0. The number of para-hydroxylation sites is 2. The fourth-order valence-electron chi connectivity index (χ4n) is 4.07. The maximum absolute atomic E-state index is 12.6. The quantitative estimate of drug-likeness (QED) is 0.608. The summed E-state index contributed by atoms with van der Waals surface area (Å²) in [5, 5.41) is 0. The highest BCUT2D eigenvalue weighted by Crippen LogP contribution is 2.26. The molecule has 1 fully saturated rings. The zero-order valence-electron chi connectivity index (χ0n) is 19.1. The maximum Gasteiger partial charge on any atom is 0.410 e. The van der Waals surface area contributed by atoms with Crippen molar-refractivity contribution in [3.8, 4) is 0 Å². The van der Waals surface area contributed by atoms with Crippen LogP contribution in [0, 0.1) is 6.92 Å². The van der Waals surface area contributed by atoms with Crippen molar-refractivity contribution < 1.29 is 9.53 Å². The SMILES string of the molecule is Cc1ccc(Cn2c(N3CCN(C(=O)OC(C)(C)C)[C@H](C)C3)nc3ccccc32)cc1. The Morgan fingerprint density at radius 3 is 2.48 bits per heavy atom. The first kappa shape index (κ1) is 21.2. The van der Waals surface area contributed by atoms with Crippen molar-refractivity contribution in [2.24, 2.45) is 0 Å². The second kappa shape index (κ2) is 8.25. The zero-order valence-corrected chi connectivity index (χ0v) is 19.1. The standard InChI is InChI=1S/C25H32N4O2/c1-18-10-12-20(13-11-18)17-29-22-9-7-6-8-21(22)26-23(29)27-14-15-28(19(2)16-27)24(30)31-25(3,4)5/h6-13,19H,14-17H2,1-5H3/t19-/m1/s1. The molecular formula is C25H32N4O2. The second-order valence-electron chi connectivity index (χ2n) is 9.44. The lowest BCUT2D eigenvalue weighted by atomic mass is 10.1. The minimum absolute atomic E-state index is 0.0382. The van der Waals surface area contributed by atoms with Gasteiger partial charge in [-0.3, -0.25) is 0 Å². The number of aromatic nitrogens is 2.